The van der Waals surface area contributed by atoms with Gasteiger partial charge in [-0.3, -0.25) is 4.57 Å². The summed E-state index contributed by atoms with van der Waals surface area (Å²) in [6.07, 6.45) is 0. The Labute approximate surface area is 131 Å². The SMILES string of the molecule is COc1ccc(-n2c(N(C)C)nc3cc(C(=O)O)sc32)cc1. The lowest BCUT2D eigenvalue weighted by Gasteiger charge is -2.15. The highest BCUT2D eigenvalue weighted by Gasteiger charge is 2.19. The minimum Gasteiger partial charge on any atom is -0.497 e. The third-order valence-corrected chi connectivity index (χ3v) is 4.36. The van der Waals surface area contributed by atoms with E-state index in [1.165, 1.54) is 11.3 Å². The topological polar surface area (TPSA) is 67.6 Å². The first kappa shape index (κ1) is 14.4. The van der Waals surface area contributed by atoms with Crippen molar-refractivity contribution < 1.29 is 14.6 Å². The fourth-order valence-electron chi connectivity index (χ4n) is 2.23. The van der Waals surface area contributed by atoms with Crippen molar-refractivity contribution in [1.29, 1.82) is 0 Å². The summed E-state index contributed by atoms with van der Waals surface area (Å²) >= 11 is 1.22. The molecule has 0 aliphatic carbocycles. The molecule has 1 aromatic carbocycles. The second-order valence-corrected chi connectivity index (χ2v) is 5.98. The number of fused-ring (bicyclic) bond motifs is 1. The molecule has 2 aromatic heterocycles. The second-order valence-electron chi connectivity index (χ2n) is 4.95. The number of thiophene rings is 1. The zero-order chi connectivity index (χ0) is 15.9. The predicted octanol–water partition coefficient (Wildman–Crippen LogP) is 2.86. The van der Waals surface area contributed by atoms with Gasteiger partial charge in [-0.05, 0) is 30.3 Å². The number of carboxylic acid groups (broad SMARTS) is 1. The van der Waals surface area contributed by atoms with Gasteiger partial charge in [0.15, 0.2) is 0 Å². The van der Waals surface area contributed by atoms with E-state index in [1.807, 2.05) is 47.8 Å². The standard InChI is InChI=1S/C15H15N3O3S/c1-17(2)15-16-11-8-12(14(19)20)22-13(11)18(15)9-4-6-10(21-3)7-5-9/h4-8H,1-3H3,(H,19,20). The molecule has 3 aromatic rings. The molecule has 0 unspecified atom stereocenters. The van der Waals surface area contributed by atoms with Crippen LogP contribution in [0.25, 0.3) is 16.0 Å². The molecule has 0 aliphatic heterocycles. The lowest BCUT2D eigenvalue weighted by atomic mass is 10.3. The summed E-state index contributed by atoms with van der Waals surface area (Å²) in [5, 5.41) is 9.16. The van der Waals surface area contributed by atoms with Crippen LogP contribution in [0.3, 0.4) is 0 Å². The van der Waals surface area contributed by atoms with E-state index in [1.54, 1.807) is 13.2 Å². The van der Waals surface area contributed by atoms with Crippen LogP contribution in [0.2, 0.25) is 0 Å². The number of imidazole rings is 1. The Morgan fingerprint density at radius 3 is 2.55 bits per heavy atom. The normalized spacial score (nSPS) is 10.9. The Hall–Kier alpha value is -2.54. The van der Waals surface area contributed by atoms with Gasteiger partial charge >= 0.3 is 5.97 Å². The van der Waals surface area contributed by atoms with Gasteiger partial charge in [-0.2, -0.15) is 0 Å². The Kier molecular flexibility index (Phi) is 3.50. The maximum Gasteiger partial charge on any atom is 0.346 e. The number of hydrogen-bond acceptors (Lipinski definition) is 5. The number of carbonyl (C=O) groups is 1. The molecule has 0 fully saturated rings. The third-order valence-electron chi connectivity index (χ3n) is 3.26. The smallest absolute Gasteiger partial charge is 0.346 e. The Bertz CT molecular complexity index is 834. The molecule has 3 rings (SSSR count). The van der Waals surface area contributed by atoms with E-state index < -0.39 is 5.97 Å². The van der Waals surface area contributed by atoms with E-state index in [-0.39, 0.29) is 4.88 Å². The first-order valence-electron chi connectivity index (χ1n) is 6.58. The number of nitrogens with zero attached hydrogens (tertiary/aromatic N) is 3. The number of carboxylic acids is 1. The van der Waals surface area contributed by atoms with E-state index in [2.05, 4.69) is 4.98 Å². The van der Waals surface area contributed by atoms with Crippen molar-refractivity contribution in [2.75, 3.05) is 26.1 Å². The average molecular weight is 317 g/mol. The molecule has 0 saturated carbocycles. The molecule has 0 spiro atoms. The van der Waals surface area contributed by atoms with Crippen LogP contribution in [0.15, 0.2) is 30.3 Å². The molecule has 114 valence electrons. The highest BCUT2D eigenvalue weighted by Crippen LogP contribution is 2.33. The second kappa shape index (κ2) is 5.34. The number of anilines is 1. The number of ether oxygens (including phenoxy) is 1. The fourth-order valence-corrected chi connectivity index (χ4v) is 3.18. The maximum atomic E-state index is 11.2. The van der Waals surface area contributed by atoms with Crippen LogP contribution in [0, 0.1) is 0 Å². The van der Waals surface area contributed by atoms with E-state index >= 15 is 0 Å². The molecule has 7 heteroatoms. The molecule has 0 atom stereocenters. The summed E-state index contributed by atoms with van der Waals surface area (Å²) in [5.41, 5.74) is 1.59. The molecule has 2 heterocycles. The fraction of sp³-hybridized carbons (Fsp3) is 0.200. The Morgan fingerprint density at radius 1 is 1.32 bits per heavy atom. The van der Waals surface area contributed by atoms with Gasteiger partial charge in [0.2, 0.25) is 5.95 Å². The van der Waals surface area contributed by atoms with Gasteiger partial charge in [0, 0.05) is 14.1 Å². The summed E-state index contributed by atoms with van der Waals surface area (Å²) in [5.74, 6) is 0.586. The lowest BCUT2D eigenvalue weighted by molar-refractivity contribution is 0.0702. The van der Waals surface area contributed by atoms with Crippen molar-refractivity contribution in [3.63, 3.8) is 0 Å². The summed E-state index contributed by atoms with van der Waals surface area (Å²) in [6.45, 7) is 0. The van der Waals surface area contributed by atoms with Crippen molar-refractivity contribution in [1.82, 2.24) is 9.55 Å². The van der Waals surface area contributed by atoms with Crippen LogP contribution in [0.5, 0.6) is 5.75 Å². The van der Waals surface area contributed by atoms with Crippen LogP contribution in [-0.2, 0) is 0 Å². The van der Waals surface area contributed by atoms with Crippen LogP contribution < -0.4 is 9.64 Å². The van der Waals surface area contributed by atoms with Gasteiger partial charge < -0.3 is 14.7 Å². The molecule has 0 saturated heterocycles. The molecule has 0 bridgehead atoms. The summed E-state index contributed by atoms with van der Waals surface area (Å²) in [6, 6.07) is 9.19. The summed E-state index contributed by atoms with van der Waals surface area (Å²) < 4.78 is 7.13. The van der Waals surface area contributed by atoms with Crippen LogP contribution in [0.1, 0.15) is 9.67 Å². The number of aromatic nitrogens is 2. The molecule has 0 aliphatic rings. The predicted molar refractivity (Wildman–Crippen MR) is 86.8 cm³/mol. The van der Waals surface area contributed by atoms with Gasteiger partial charge in [-0.25, -0.2) is 9.78 Å². The van der Waals surface area contributed by atoms with Gasteiger partial charge in [0.1, 0.15) is 21.0 Å². The van der Waals surface area contributed by atoms with Gasteiger partial charge in [0.25, 0.3) is 0 Å². The van der Waals surface area contributed by atoms with Crippen molar-refractivity contribution in [2.24, 2.45) is 0 Å². The molecule has 0 amide bonds. The summed E-state index contributed by atoms with van der Waals surface area (Å²) in [7, 11) is 5.43. The minimum absolute atomic E-state index is 0.282. The minimum atomic E-state index is -0.935. The number of methoxy groups -OCH3 is 1. The first-order valence-corrected chi connectivity index (χ1v) is 7.40. The van der Waals surface area contributed by atoms with E-state index in [0.717, 1.165) is 22.2 Å². The number of benzene rings is 1. The maximum absolute atomic E-state index is 11.2. The number of rotatable bonds is 4. The molecule has 0 radical (unpaired) electrons. The average Bonchev–Trinajstić information content (AvgIpc) is 3.04. The van der Waals surface area contributed by atoms with Gasteiger partial charge in [-0.1, -0.05) is 0 Å². The van der Waals surface area contributed by atoms with Crippen LogP contribution in [0.4, 0.5) is 5.95 Å². The Balaban J connectivity index is 2.22. The zero-order valence-electron chi connectivity index (χ0n) is 12.4. The number of aromatic carboxylic acids is 1. The lowest BCUT2D eigenvalue weighted by Crippen LogP contribution is -2.14. The Morgan fingerprint density at radius 2 is 2.00 bits per heavy atom. The van der Waals surface area contributed by atoms with E-state index in [4.69, 9.17) is 9.84 Å². The van der Waals surface area contributed by atoms with Crippen LogP contribution >= 0.6 is 11.3 Å². The van der Waals surface area contributed by atoms with E-state index in [0.29, 0.717) is 5.52 Å². The molecule has 1 N–H and O–H groups in total. The largest absolute Gasteiger partial charge is 0.497 e. The number of hydrogen-bond donors (Lipinski definition) is 1. The van der Waals surface area contributed by atoms with Gasteiger partial charge in [0.05, 0.1) is 12.8 Å². The highest BCUT2D eigenvalue weighted by molar-refractivity contribution is 7.20. The first-order chi connectivity index (χ1) is 10.5. The van der Waals surface area contributed by atoms with Crippen molar-refractivity contribution in [3.8, 4) is 11.4 Å². The molecular weight excluding hydrogens is 302 g/mol. The van der Waals surface area contributed by atoms with Crippen LogP contribution in [-0.4, -0.2) is 41.8 Å². The highest BCUT2D eigenvalue weighted by atomic mass is 32.1. The van der Waals surface area contributed by atoms with E-state index in [9.17, 15) is 4.79 Å². The molecule has 22 heavy (non-hydrogen) atoms. The van der Waals surface area contributed by atoms with Crippen molar-refractivity contribution >= 4 is 33.6 Å². The monoisotopic (exact) mass is 317 g/mol. The van der Waals surface area contributed by atoms with Gasteiger partial charge in [-0.15, -0.1) is 11.3 Å². The van der Waals surface area contributed by atoms with Crippen molar-refractivity contribution in [3.05, 3.63) is 35.2 Å². The molecular formula is C15H15N3O3S. The summed E-state index contributed by atoms with van der Waals surface area (Å²) in [4.78, 5) is 18.7. The zero-order valence-corrected chi connectivity index (χ0v) is 13.2. The molecule has 6 nitrogen and oxygen atoms in total. The third kappa shape index (κ3) is 2.29. The van der Waals surface area contributed by atoms with Crippen molar-refractivity contribution in [2.45, 2.75) is 0 Å². The quantitative estimate of drug-likeness (QED) is 0.801.